The standard InChI is InChI=1S/C24H25FN2O3/c1-4-13-27(24(28)22-12-11-21(29-2)15-23(22)30-3)17-20-6-5-14-26(20)16-18-7-9-19(25)10-8-18/h4-12,14-15H,1,13,16-17H2,2-3H3. The second-order valence-electron chi connectivity index (χ2n) is 6.79. The van der Waals surface area contributed by atoms with Crippen LogP contribution in [0.25, 0.3) is 0 Å². The molecule has 0 atom stereocenters. The van der Waals surface area contributed by atoms with Gasteiger partial charge in [-0.3, -0.25) is 4.79 Å². The Balaban J connectivity index is 1.83. The summed E-state index contributed by atoms with van der Waals surface area (Å²) in [5.41, 5.74) is 2.39. The van der Waals surface area contributed by atoms with Gasteiger partial charge in [0.15, 0.2) is 0 Å². The van der Waals surface area contributed by atoms with E-state index >= 15 is 0 Å². The Morgan fingerprint density at radius 2 is 1.90 bits per heavy atom. The monoisotopic (exact) mass is 408 g/mol. The van der Waals surface area contributed by atoms with Crippen molar-refractivity contribution in [2.24, 2.45) is 0 Å². The molecule has 1 amide bonds. The molecule has 0 unspecified atom stereocenters. The van der Waals surface area contributed by atoms with E-state index in [1.54, 1.807) is 48.4 Å². The molecule has 5 nitrogen and oxygen atoms in total. The van der Waals surface area contributed by atoms with Crippen LogP contribution in [0.4, 0.5) is 4.39 Å². The number of hydrogen-bond acceptors (Lipinski definition) is 3. The van der Waals surface area contributed by atoms with Gasteiger partial charge in [0.2, 0.25) is 0 Å². The van der Waals surface area contributed by atoms with E-state index in [9.17, 15) is 9.18 Å². The molecule has 1 heterocycles. The van der Waals surface area contributed by atoms with Gasteiger partial charge >= 0.3 is 0 Å². The molecular weight excluding hydrogens is 383 g/mol. The Hall–Kier alpha value is -3.54. The van der Waals surface area contributed by atoms with E-state index in [1.165, 1.54) is 19.2 Å². The fourth-order valence-corrected chi connectivity index (χ4v) is 3.25. The van der Waals surface area contributed by atoms with Crippen LogP contribution in [0.5, 0.6) is 11.5 Å². The zero-order valence-electron chi connectivity index (χ0n) is 17.2. The number of halogens is 1. The fraction of sp³-hybridized carbons (Fsp3) is 0.208. The fourth-order valence-electron chi connectivity index (χ4n) is 3.25. The van der Waals surface area contributed by atoms with E-state index in [0.717, 1.165) is 11.3 Å². The minimum absolute atomic E-state index is 0.163. The summed E-state index contributed by atoms with van der Waals surface area (Å²) in [5.74, 6) is 0.647. The highest BCUT2D eigenvalue weighted by Crippen LogP contribution is 2.26. The van der Waals surface area contributed by atoms with Crippen LogP contribution in [-0.4, -0.2) is 36.1 Å². The summed E-state index contributed by atoms with van der Waals surface area (Å²) in [7, 11) is 3.09. The molecular formula is C24H25FN2O3. The molecule has 0 N–H and O–H groups in total. The third-order valence-corrected chi connectivity index (χ3v) is 4.82. The number of carbonyl (C=O) groups is 1. The summed E-state index contributed by atoms with van der Waals surface area (Å²) in [4.78, 5) is 15.0. The zero-order valence-corrected chi connectivity index (χ0v) is 17.2. The van der Waals surface area contributed by atoms with Crippen molar-refractivity contribution in [2.45, 2.75) is 13.1 Å². The van der Waals surface area contributed by atoms with Crippen LogP contribution in [0.15, 0.2) is 73.4 Å². The number of amides is 1. The highest BCUT2D eigenvalue weighted by atomic mass is 19.1. The molecule has 0 saturated heterocycles. The molecule has 156 valence electrons. The van der Waals surface area contributed by atoms with Gasteiger partial charge in [0.05, 0.1) is 26.3 Å². The number of rotatable bonds is 9. The van der Waals surface area contributed by atoms with E-state index in [0.29, 0.717) is 36.7 Å². The zero-order chi connectivity index (χ0) is 21.5. The van der Waals surface area contributed by atoms with Crippen molar-refractivity contribution in [3.05, 3.63) is 96.1 Å². The average molecular weight is 408 g/mol. The van der Waals surface area contributed by atoms with Gasteiger partial charge in [0, 0.05) is 31.0 Å². The smallest absolute Gasteiger partial charge is 0.258 e. The number of ether oxygens (including phenoxy) is 2. The first kappa shape index (κ1) is 21.2. The van der Waals surface area contributed by atoms with Crippen LogP contribution < -0.4 is 9.47 Å². The maximum Gasteiger partial charge on any atom is 0.258 e. The van der Waals surface area contributed by atoms with Crippen molar-refractivity contribution in [2.75, 3.05) is 20.8 Å². The Labute approximate surface area is 176 Å². The molecule has 0 radical (unpaired) electrons. The molecule has 0 aliphatic rings. The molecule has 0 aliphatic heterocycles. The third kappa shape index (κ3) is 4.89. The summed E-state index contributed by atoms with van der Waals surface area (Å²) >= 11 is 0. The van der Waals surface area contributed by atoms with Gasteiger partial charge in [-0.05, 0) is 42.0 Å². The maximum atomic E-state index is 13.3. The van der Waals surface area contributed by atoms with E-state index < -0.39 is 0 Å². The second-order valence-corrected chi connectivity index (χ2v) is 6.79. The lowest BCUT2D eigenvalue weighted by Crippen LogP contribution is -2.32. The van der Waals surface area contributed by atoms with E-state index in [1.807, 2.05) is 22.9 Å². The summed E-state index contributed by atoms with van der Waals surface area (Å²) in [5, 5.41) is 0. The van der Waals surface area contributed by atoms with Gasteiger partial charge in [-0.25, -0.2) is 4.39 Å². The van der Waals surface area contributed by atoms with Crippen molar-refractivity contribution >= 4 is 5.91 Å². The molecule has 0 spiro atoms. The molecule has 1 aromatic heterocycles. The average Bonchev–Trinajstić information content (AvgIpc) is 3.20. The molecule has 0 saturated carbocycles. The second kappa shape index (κ2) is 9.78. The number of nitrogens with zero attached hydrogens (tertiary/aromatic N) is 2. The summed E-state index contributed by atoms with van der Waals surface area (Å²) in [6.45, 7) is 5.16. The first-order chi connectivity index (χ1) is 14.5. The molecule has 2 aromatic carbocycles. The molecule has 3 aromatic rings. The summed E-state index contributed by atoms with van der Waals surface area (Å²) in [6.07, 6.45) is 3.64. The number of aromatic nitrogens is 1. The third-order valence-electron chi connectivity index (χ3n) is 4.82. The van der Waals surface area contributed by atoms with E-state index in [4.69, 9.17) is 9.47 Å². The van der Waals surface area contributed by atoms with E-state index in [-0.39, 0.29) is 11.7 Å². The van der Waals surface area contributed by atoms with Crippen LogP contribution in [-0.2, 0) is 13.1 Å². The topological polar surface area (TPSA) is 43.7 Å². The highest BCUT2D eigenvalue weighted by Gasteiger charge is 2.20. The number of methoxy groups -OCH3 is 2. The lowest BCUT2D eigenvalue weighted by Gasteiger charge is -2.23. The van der Waals surface area contributed by atoms with Crippen LogP contribution in [0.1, 0.15) is 21.6 Å². The Morgan fingerprint density at radius 3 is 2.57 bits per heavy atom. The molecule has 30 heavy (non-hydrogen) atoms. The molecule has 0 bridgehead atoms. The predicted octanol–water partition coefficient (Wildman–Crippen LogP) is 4.52. The minimum atomic E-state index is -0.261. The SMILES string of the molecule is C=CCN(Cc1cccn1Cc1ccc(F)cc1)C(=O)c1ccc(OC)cc1OC. The lowest BCUT2D eigenvalue weighted by atomic mass is 10.1. The van der Waals surface area contributed by atoms with E-state index in [2.05, 4.69) is 6.58 Å². The summed E-state index contributed by atoms with van der Waals surface area (Å²) < 4.78 is 25.8. The van der Waals surface area contributed by atoms with Crippen LogP contribution in [0, 0.1) is 5.82 Å². The van der Waals surface area contributed by atoms with Gasteiger partial charge in [-0.2, -0.15) is 0 Å². The molecule has 0 aliphatic carbocycles. The van der Waals surface area contributed by atoms with Crippen LogP contribution in [0.3, 0.4) is 0 Å². The lowest BCUT2D eigenvalue weighted by molar-refractivity contribution is 0.0756. The number of carbonyl (C=O) groups excluding carboxylic acids is 1. The van der Waals surface area contributed by atoms with Crippen molar-refractivity contribution in [1.29, 1.82) is 0 Å². The molecule has 3 rings (SSSR count). The predicted molar refractivity (Wildman–Crippen MR) is 114 cm³/mol. The molecule has 0 fully saturated rings. The first-order valence-electron chi connectivity index (χ1n) is 9.56. The van der Waals surface area contributed by atoms with Gasteiger partial charge in [-0.15, -0.1) is 6.58 Å². The normalized spacial score (nSPS) is 10.5. The van der Waals surface area contributed by atoms with Gasteiger partial charge in [0.25, 0.3) is 5.91 Å². The van der Waals surface area contributed by atoms with Gasteiger partial charge in [0.1, 0.15) is 17.3 Å². The Morgan fingerprint density at radius 1 is 1.13 bits per heavy atom. The van der Waals surface area contributed by atoms with Crippen molar-refractivity contribution < 1.29 is 18.7 Å². The van der Waals surface area contributed by atoms with Gasteiger partial charge in [-0.1, -0.05) is 18.2 Å². The first-order valence-corrected chi connectivity index (χ1v) is 9.56. The Bertz CT molecular complexity index is 1010. The Kier molecular flexibility index (Phi) is 6.91. The van der Waals surface area contributed by atoms with Crippen LogP contribution in [0.2, 0.25) is 0 Å². The maximum absolute atomic E-state index is 13.3. The van der Waals surface area contributed by atoms with Crippen molar-refractivity contribution in [3.63, 3.8) is 0 Å². The number of benzene rings is 2. The number of hydrogen-bond donors (Lipinski definition) is 0. The van der Waals surface area contributed by atoms with Crippen LogP contribution >= 0.6 is 0 Å². The highest BCUT2D eigenvalue weighted by molar-refractivity contribution is 5.97. The van der Waals surface area contributed by atoms with Crippen molar-refractivity contribution in [3.8, 4) is 11.5 Å². The largest absolute Gasteiger partial charge is 0.497 e. The molecule has 6 heteroatoms. The minimum Gasteiger partial charge on any atom is -0.497 e. The summed E-state index contributed by atoms with van der Waals surface area (Å²) in [6, 6.07) is 15.4. The quantitative estimate of drug-likeness (QED) is 0.489. The van der Waals surface area contributed by atoms with Gasteiger partial charge < -0.3 is 18.9 Å². The van der Waals surface area contributed by atoms with Crippen molar-refractivity contribution in [1.82, 2.24) is 9.47 Å².